The molecule has 0 saturated carbocycles. The van der Waals surface area contributed by atoms with Crippen LogP contribution in [0.1, 0.15) is 50.7 Å². The molecule has 22 heavy (non-hydrogen) atoms. The van der Waals surface area contributed by atoms with Crippen molar-refractivity contribution in [3.05, 3.63) is 47.7 Å². The van der Waals surface area contributed by atoms with Crippen LogP contribution in [0.4, 0.5) is 4.79 Å². The maximum atomic E-state index is 12.7. The Labute approximate surface area is 134 Å². The van der Waals surface area contributed by atoms with Crippen LogP contribution >= 0.6 is 0 Å². The van der Waals surface area contributed by atoms with E-state index in [0.717, 1.165) is 36.9 Å². The van der Waals surface area contributed by atoms with E-state index in [9.17, 15) is 4.79 Å². The summed E-state index contributed by atoms with van der Waals surface area (Å²) in [5.74, 6) is 0. The van der Waals surface area contributed by atoms with Crippen LogP contribution in [0.25, 0.3) is 0 Å². The molecule has 0 spiro atoms. The number of hydrogen-bond donors (Lipinski definition) is 0. The number of urea groups is 1. The molecule has 1 saturated heterocycles. The molecule has 1 aliphatic heterocycles. The Morgan fingerprint density at radius 1 is 1.09 bits per heavy atom. The van der Waals surface area contributed by atoms with Crippen molar-refractivity contribution < 1.29 is 4.79 Å². The minimum Gasteiger partial charge on any atom is -0.316 e. The van der Waals surface area contributed by atoms with Gasteiger partial charge in [0, 0.05) is 12.7 Å². The van der Waals surface area contributed by atoms with Gasteiger partial charge in [-0.15, -0.1) is 0 Å². The third kappa shape index (κ3) is 2.77. The Morgan fingerprint density at radius 3 is 2.14 bits per heavy atom. The molecule has 0 N–H and O–H groups in total. The maximum absolute atomic E-state index is 12.7. The van der Waals surface area contributed by atoms with Crippen LogP contribution < -0.4 is 0 Å². The third-order valence-corrected chi connectivity index (χ3v) is 4.81. The molecule has 1 heterocycles. The van der Waals surface area contributed by atoms with Crippen molar-refractivity contribution in [1.29, 1.82) is 0 Å². The topological polar surface area (TPSA) is 23.6 Å². The molecule has 0 unspecified atom stereocenters. The Balaban J connectivity index is 2.27. The third-order valence-electron chi connectivity index (χ3n) is 4.81. The maximum Gasteiger partial charge on any atom is 0.325 e. The van der Waals surface area contributed by atoms with E-state index in [1.54, 1.807) is 0 Å². The first-order valence-electron chi connectivity index (χ1n) is 8.26. The standard InChI is InChI=1S/C19H28N2O/c1-6-12-19(13-7-2)16(4)21(18(22)20(19)5)14-17-10-8-15(3)9-11-17/h8-11H,4,6-7,12-14H2,1-3,5H3. The minimum atomic E-state index is -0.203. The van der Waals surface area contributed by atoms with Gasteiger partial charge in [-0.05, 0) is 25.3 Å². The van der Waals surface area contributed by atoms with Crippen LogP contribution in [0, 0.1) is 6.92 Å². The zero-order chi connectivity index (χ0) is 16.3. The van der Waals surface area contributed by atoms with Crippen molar-refractivity contribution in [2.45, 2.75) is 58.5 Å². The van der Waals surface area contributed by atoms with Gasteiger partial charge in [-0.2, -0.15) is 0 Å². The van der Waals surface area contributed by atoms with Crippen LogP contribution in [0.5, 0.6) is 0 Å². The van der Waals surface area contributed by atoms with Gasteiger partial charge in [0.1, 0.15) is 0 Å². The molecular weight excluding hydrogens is 272 g/mol. The number of carbonyl (C=O) groups excluding carboxylic acids is 1. The SMILES string of the molecule is C=C1N(Cc2ccc(C)cc2)C(=O)N(C)C1(CCC)CCC. The molecule has 1 aliphatic rings. The molecule has 3 heteroatoms. The molecule has 0 aliphatic carbocycles. The lowest BCUT2D eigenvalue weighted by molar-refractivity contribution is 0.167. The predicted molar refractivity (Wildman–Crippen MR) is 91.6 cm³/mol. The molecule has 0 atom stereocenters. The molecule has 2 rings (SSSR count). The smallest absolute Gasteiger partial charge is 0.316 e. The summed E-state index contributed by atoms with van der Waals surface area (Å²) < 4.78 is 0. The fourth-order valence-corrected chi connectivity index (χ4v) is 3.54. The first-order chi connectivity index (χ1) is 10.5. The van der Waals surface area contributed by atoms with E-state index in [1.165, 1.54) is 5.56 Å². The van der Waals surface area contributed by atoms with Gasteiger partial charge in [-0.3, -0.25) is 4.90 Å². The highest BCUT2D eigenvalue weighted by atomic mass is 16.2. The molecular formula is C19H28N2O. The summed E-state index contributed by atoms with van der Waals surface area (Å²) in [5, 5.41) is 0. The van der Waals surface area contributed by atoms with Crippen LogP contribution in [-0.4, -0.2) is 28.4 Å². The number of rotatable bonds is 6. The fourth-order valence-electron chi connectivity index (χ4n) is 3.54. The lowest BCUT2D eigenvalue weighted by Gasteiger charge is -2.35. The largest absolute Gasteiger partial charge is 0.325 e. The van der Waals surface area contributed by atoms with Crippen LogP contribution in [-0.2, 0) is 6.54 Å². The second-order valence-electron chi connectivity index (χ2n) is 6.39. The van der Waals surface area contributed by atoms with Crippen molar-refractivity contribution in [3.8, 4) is 0 Å². The van der Waals surface area contributed by atoms with Gasteiger partial charge in [-0.1, -0.05) is 63.1 Å². The highest BCUT2D eigenvalue weighted by Gasteiger charge is 2.49. The van der Waals surface area contributed by atoms with E-state index < -0.39 is 0 Å². The van der Waals surface area contributed by atoms with Gasteiger partial charge in [0.15, 0.2) is 0 Å². The van der Waals surface area contributed by atoms with E-state index in [2.05, 4.69) is 51.6 Å². The van der Waals surface area contributed by atoms with Crippen molar-refractivity contribution in [2.75, 3.05) is 7.05 Å². The highest BCUT2D eigenvalue weighted by Crippen LogP contribution is 2.41. The number of aryl methyl sites for hydroxylation is 1. The lowest BCUT2D eigenvalue weighted by Crippen LogP contribution is -2.43. The second kappa shape index (κ2) is 6.55. The zero-order valence-corrected chi connectivity index (χ0v) is 14.4. The zero-order valence-electron chi connectivity index (χ0n) is 14.4. The summed E-state index contributed by atoms with van der Waals surface area (Å²) in [6.07, 6.45) is 4.06. The molecule has 1 aromatic rings. The number of benzene rings is 1. The summed E-state index contributed by atoms with van der Waals surface area (Å²) in [6, 6.07) is 8.44. The van der Waals surface area contributed by atoms with Crippen molar-refractivity contribution >= 4 is 6.03 Å². The lowest BCUT2D eigenvalue weighted by atomic mass is 9.85. The predicted octanol–water partition coefficient (Wildman–Crippen LogP) is 4.72. The van der Waals surface area contributed by atoms with E-state index >= 15 is 0 Å². The molecule has 120 valence electrons. The number of likely N-dealkylation sites (N-methyl/N-ethyl adjacent to an activating group) is 1. The van der Waals surface area contributed by atoms with Gasteiger partial charge in [0.05, 0.1) is 12.1 Å². The molecule has 1 fully saturated rings. The molecule has 0 bridgehead atoms. The minimum absolute atomic E-state index is 0.0764. The molecule has 2 amide bonds. The summed E-state index contributed by atoms with van der Waals surface area (Å²) in [7, 11) is 1.92. The Morgan fingerprint density at radius 2 is 1.64 bits per heavy atom. The van der Waals surface area contributed by atoms with Gasteiger partial charge >= 0.3 is 6.03 Å². The summed E-state index contributed by atoms with van der Waals surface area (Å²) in [5.41, 5.74) is 3.14. The highest BCUT2D eigenvalue weighted by molar-refractivity contribution is 5.81. The van der Waals surface area contributed by atoms with Crippen LogP contribution in [0.15, 0.2) is 36.5 Å². The normalized spacial score (nSPS) is 17.5. The quantitative estimate of drug-likeness (QED) is 0.746. The van der Waals surface area contributed by atoms with Crippen LogP contribution in [0.2, 0.25) is 0 Å². The fraction of sp³-hybridized carbons (Fsp3) is 0.526. The molecule has 0 radical (unpaired) electrons. The first kappa shape index (κ1) is 16.6. The number of nitrogens with zero attached hydrogens (tertiary/aromatic N) is 2. The van der Waals surface area contributed by atoms with Gasteiger partial charge in [0.2, 0.25) is 0 Å². The van der Waals surface area contributed by atoms with Crippen molar-refractivity contribution in [2.24, 2.45) is 0 Å². The van der Waals surface area contributed by atoms with Gasteiger partial charge in [-0.25, -0.2) is 4.79 Å². The van der Waals surface area contributed by atoms with Gasteiger partial charge < -0.3 is 4.90 Å². The Kier molecular flexibility index (Phi) is 4.94. The average Bonchev–Trinajstić information content (AvgIpc) is 2.66. The number of hydrogen-bond acceptors (Lipinski definition) is 1. The summed E-state index contributed by atoms with van der Waals surface area (Å²) in [6.45, 7) is 11.3. The first-order valence-corrected chi connectivity index (χ1v) is 8.26. The second-order valence-corrected chi connectivity index (χ2v) is 6.39. The summed E-state index contributed by atoms with van der Waals surface area (Å²) >= 11 is 0. The van der Waals surface area contributed by atoms with E-state index in [-0.39, 0.29) is 11.6 Å². The Bertz CT molecular complexity index is 541. The van der Waals surface area contributed by atoms with Crippen LogP contribution in [0.3, 0.4) is 0 Å². The van der Waals surface area contributed by atoms with Crippen molar-refractivity contribution in [3.63, 3.8) is 0 Å². The van der Waals surface area contributed by atoms with E-state index in [4.69, 9.17) is 0 Å². The van der Waals surface area contributed by atoms with E-state index in [1.807, 2.05) is 16.8 Å². The average molecular weight is 300 g/mol. The van der Waals surface area contributed by atoms with Gasteiger partial charge in [0.25, 0.3) is 0 Å². The monoisotopic (exact) mass is 300 g/mol. The van der Waals surface area contributed by atoms with E-state index in [0.29, 0.717) is 6.54 Å². The van der Waals surface area contributed by atoms with Crippen molar-refractivity contribution in [1.82, 2.24) is 9.80 Å². The Hall–Kier alpha value is -1.77. The number of carbonyl (C=O) groups is 1. The molecule has 1 aromatic carbocycles. The molecule has 0 aromatic heterocycles. The summed E-state index contributed by atoms with van der Waals surface area (Å²) in [4.78, 5) is 16.5. The molecule has 3 nitrogen and oxygen atoms in total. The number of amides is 2.